The quantitative estimate of drug-likeness (QED) is 0.390. The summed E-state index contributed by atoms with van der Waals surface area (Å²) < 4.78 is 2.21. The molecular formula is C23H26N2O4. The monoisotopic (exact) mass is 394 g/mol. The zero-order valence-electron chi connectivity index (χ0n) is 16.5. The summed E-state index contributed by atoms with van der Waals surface area (Å²) in [4.78, 5) is 26.2. The van der Waals surface area contributed by atoms with Crippen LogP contribution in [0.25, 0.3) is 22.2 Å². The Balaban J connectivity index is 1.67. The number of nitrogens with zero attached hydrogens (tertiary/aromatic N) is 2. The molecule has 0 aliphatic carbocycles. The summed E-state index contributed by atoms with van der Waals surface area (Å²) in [5, 5.41) is 19.1. The highest BCUT2D eigenvalue weighted by Gasteiger charge is 2.24. The molecule has 0 saturated carbocycles. The number of pyridine rings is 1. The Morgan fingerprint density at radius 1 is 1.00 bits per heavy atom. The van der Waals surface area contributed by atoms with Crippen LogP contribution in [0.15, 0.2) is 48.8 Å². The van der Waals surface area contributed by atoms with Crippen molar-refractivity contribution in [2.24, 2.45) is 13.0 Å². The van der Waals surface area contributed by atoms with Crippen molar-refractivity contribution in [1.82, 2.24) is 9.55 Å². The maximum Gasteiger partial charge on any atom is 0.317 e. The molecule has 1 aromatic carbocycles. The molecule has 3 aromatic rings. The fourth-order valence-electron chi connectivity index (χ4n) is 3.95. The summed E-state index contributed by atoms with van der Waals surface area (Å²) in [6, 6.07) is 12.4. The smallest absolute Gasteiger partial charge is 0.317 e. The van der Waals surface area contributed by atoms with E-state index in [1.165, 1.54) is 22.2 Å². The average Bonchev–Trinajstić information content (AvgIpc) is 2.99. The third-order valence-corrected chi connectivity index (χ3v) is 5.41. The Labute approximate surface area is 169 Å². The van der Waals surface area contributed by atoms with E-state index in [4.69, 9.17) is 10.2 Å². The Kier molecular flexibility index (Phi) is 6.65. The highest BCUT2D eigenvalue weighted by atomic mass is 16.4. The van der Waals surface area contributed by atoms with Gasteiger partial charge in [-0.25, -0.2) is 0 Å². The minimum atomic E-state index is -1.30. The van der Waals surface area contributed by atoms with Gasteiger partial charge in [-0.3, -0.25) is 14.6 Å². The first-order valence-electron chi connectivity index (χ1n) is 9.93. The first-order valence-corrected chi connectivity index (χ1v) is 9.93. The molecule has 6 heteroatoms. The van der Waals surface area contributed by atoms with Gasteiger partial charge in [0.25, 0.3) is 0 Å². The van der Waals surface area contributed by atoms with E-state index in [0.29, 0.717) is 6.42 Å². The molecule has 0 saturated heterocycles. The van der Waals surface area contributed by atoms with Crippen molar-refractivity contribution in [2.75, 3.05) is 0 Å². The number of aryl methyl sites for hydroxylation is 2. The minimum absolute atomic E-state index is 0.180. The Morgan fingerprint density at radius 3 is 2.41 bits per heavy atom. The molecule has 2 aromatic heterocycles. The van der Waals surface area contributed by atoms with E-state index in [9.17, 15) is 9.59 Å². The normalized spacial score (nSPS) is 11.2. The molecule has 152 valence electrons. The second kappa shape index (κ2) is 9.37. The lowest BCUT2D eigenvalue weighted by Gasteiger charge is -2.09. The number of carbonyl (C=O) groups is 2. The standard InChI is InChI=1S/C23H26N2O4/c1-25-20-13-7-6-10-17(20)18(21(25)16-9-8-14-24-15-16)11-4-2-3-5-12-19(22(26)27)23(28)29/h6-10,13-15,19H,2-5,11-12H2,1H3,(H,26,27)(H,28,29). The average molecular weight is 394 g/mol. The summed E-state index contributed by atoms with van der Waals surface area (Å²) in [6.07, 6.45) is 8.07. The number of rotatable bonds is 10. The van der Waals surface area contributed by atoms with Crippen molar-refractivity contribution in [2.45, 2.75) is 38.5 Å². The van der Waals surface area contributed by atoms with Gasteiger partial charge in [-0.05, 0) is 43.0 Å². The Morgan fingerprint density at radius 2 is 1.72 bits per heavy atom. The molecule has 0 atom stereocenters. The van der Waals surface area contributed by atoms with Crippen LogP contribution in [0.1, 0.15) is 37.7 Å². The summed E-state index contributed by atoms with van der Waals surface area (Å²) in [7, 11) is 2.08. The van der Waals surface area contributed by atoms with Crippen molar-refractivity contribution < 1.29 is 19.8 Å². The highest BCUT2D eigenvalue weighted by molar-refractivity contribution is 5.93. The van der Waals surface area contributed by atoms with Crippen LogP contribution in [0.5, 0.6) is 0 Å². The lowest BCUT2D eigenvalue weighted by Crippen LogP contribution is -2.23. The predicted molar refractivity (Wildman–Crippen MR) is 112 cm³/mol. The van der Waals surface area contributed by atoms with Crippen LogP contribution in [0, 0.1) is 5.92 Å². The van der Waals surface area contributed by atoms with E-state index in [1.54, 1.807) is 6.20 Å². The van der Waals surface area contributed by atoms with Gasteiger partial charge in [0.2, 0.25) is 0 Å². The number of aliphatic carboxylic acids is 2. The predicted octanol–water partition coefficient (Wildman–Crippen LogP) is 4.52. The molecule has 0 aliphatic rings. The largest absolute Gasteiger partial charge is 0.481 e. The SMILES string of the molecule is Cn1c(-c2cccnc2)c(CCCCCCC(C(=O)O)C(=O)O)c2ccccc21. The molecule has 0 radical (unpaired) electrons. The molecule has 0 aliphatic heterocycles. The van der Waals surface area contributed by atoms with E-state index >= 15 is 0 Å². The van der Waals surface area contributed by atoms with Crippen LogP contribution in [-0.2, 0) is 23.1 Å². The Hall–Kier alpha value is -3.15. The molecule has 0 unspecified atom stereocenters. The zero-order chi connectivity index (χ0) is 20.8. The third-order valence-electron chi connectivity index (χ3n) is 5.41. The van der Waals surface area contributed by atoms with Gasteiger partial charge in [0.15, 0.2) is 5.92 Å². The van der Waals surface area contributed by atoms with Crippen LogP contribution >= 0.6 is 0 Å². The number of hydrogen-bond acceptors (Lipinski definition) is 3. The number of fused-ring (bicyclic) bond motifs is 1. The summed E-state index contributed by atoms with van der Waals surface area (Å²) in [5.41, 5.74) is 4.75. The second-order valence-corrected chi connectivity index (χ2v) is 7.33. The lowest BCUT2D eigenvalue weighted by molar-refractivity contribution is -0.154. The topological polar surface area (TPSA) is 92.4 Å². The molecule has 0 amide bonds. The molecule has 6 nitrogen and oxygen atoms in total. The lowest BCUT2D eigenvalue weighted by atomic mass is 9.98. The van der Waals surface area contributed by atoms with Crippen molar-refractivity contribution in [3.8, 4) is 11.3 Å². The number of para-hydroxylation sites is 1. The van der Waals surface area contributed by atoms with E-state index in [2.05, 4.69) is 40.9 Å². The van der Waals surface area contributed by atoms with Crippen LogP contribution < -0.4 is 0 Å². The van der Waals surface area contributed by atoms with Crippen LogP contribution in [0.3, 0.4) is 0 Å². The number of unbranched alkanes of at least 4 members (excludes halogenated alkanes) is 3. The molecule has 0 spiro atoms. The summed E-state index contributed by atoms with van der Waals surface area (Å²) in [5.74, 6) is -3.81. The van der Waals surface area contributed by atoms with Gasteiger partial charge in [0.1, 0.15) is 0 Å². The van der Waals surface area contributed by atoms with Crippen molar-refractivity contribution in [1.29, 1.82) is 0 Å². The number of carboxylic acid groups (broad SMARTS) is 2. The molecule has 2 heterocycles. The number of aromatic nitrogens is 2. The molecular weight excluding hydrogens is 368 g/mol. The van der Waals surface area contributed by atoms with Gasteiger partial charge >= 0.3 is 11.9 Å². The zero-order valence-corrected chi connectivity index (χ0v) is 16.5. The minimum Gasteiger partial charge on any atom is -0.481 e. The van der Waals surface area contributed by atoms with Crippen LogP contribution in [0.4, 0.5) is 0 Å². The van der Waals surface area contributed by atoms with Gasteiger partial charge in [0, 0.05) is 35.9 Å². The molecule has 2 N–H and O–H groups in total. The van der Waals surface area contributed by atoms with E-state index in [-0.39, 0.29) is 6.42 Å². The third kappa shape index (κ3) is 4.65. The van der Waals surface area contributed by atoms with E-state index in [0.717, 1.165) is 31.2 Å². The van der Waals surface area contributed by atoms with Gasteiger partial charge in [0.05, 0.1) is 5.69 Å². The highest BCUT2D eigenvalue weighted by Crippen LogP contribution is 2.33. The van der Waals surface area contributed by atoms with E-state index < -0.39 is 17.9 Å². The van der Waals surface area contributed by atoms with Crippen molar-refractivity contribution in [3.63, 3.8) is 0 Å². The van der Waals surface area contributed by atoms with Gasteiger partial charge in [-0.1, -0.05) is 37.5 Å². The molecule has 0 bridgehead atoms. The molecule has 0 fully saturated rings. The van der Waals surface area contributed by atoms with Gasteiger partial charge < -0.3 is 14.8 Å². The van der Waals surface area contributed by atoms with Gasteiger partial charge in [-0.2, -0.15) is 0 Å². The number of carboxylic acids is 2. The van der Waals surface area contributed by atoms with Crippen molar-refractivity contribution in [3.05, 3.63) is 54.4 Å². The Bertz CT molecular complexity index is 981. The summed E-state index contributed by atoms with van der Waals surface area (Å²) >= 11 is 0. The van der Waals surface area contributed by atoms with Gasteiger partial charge in [-0.15, -0.1) is 0 Å². The fraction of sp³-hybridized carbons (Fsp3) is 0.348. The second-order valence-electron chi connectivity index (χ2n) is 7.33. The number of benzene rings is 1. The maximum absolute atomic E-state index is 11.0. The molecule has 3 rings (SSSR count). The van der Waals surface area contributed by atoms with Crippen LogP contribution in [-0.4, -0.2) is 31.7 Å². The first kappa shape index (κ1) is 20.6. The van der Waals surface area contributed by atoms with Crippen LogP contribution in [0.2, 0.25) is 0 Å². The maximum atomic E-state index is 11.0. The number of hydrogen-bond donors (Lipinski definition) is 2. The summed E-state index contributed by atoms with van der Waals surface area (Å²) in [6.45, 7) is 0. The van der Waals surface area contributed by atoms with E-state index in [1.807, 2.05) is 18.3 Å². The first-order chi connectivity index (χ1) is 14.0. The molecule has 29 heavy (non-hydrogen) atoms. The van der Waals surface area contributed by atoms with Crippen molar-refractivity contribution >= 4 is 22.8 Å². The fourth-order valence-corrected chi connectivity index (χ4v) is 3.95.